The number of hydrogen-bond acceptors (Lipinski definition) is 1. The van der Waals surface area contributed by atoms with Gasteiger partial charge in [-0.3, -0.25) is 0 Å². The van der Waals surface area contributed by atoms with Gasteiger partial charge in [0.05, 0.1) is 0 Å². The summed E-state index contributed by atoms with van der Waals surface area (Å²) in [6, 6.07) is 8.03. The van der Waals surface area contributed by atoms with Crippen molar-refractivity contribution in [1.29, 1.82) is 0 Å². The number of rotatable bonds is 7. The summed E-state index contributed by atoms with van der Waals surface area (Å²) in [5.41, 5.74) is 2.07. The van der Waals surface area contributed by atoms with Crippen LogP contribution >= 0.6 is 0 Å². The van der Waals surface area contributed by atoms with Gasteiger partial charge < -0.3 is 5.32 Å². The molecule has 1 aromatic carbocycles. The highest BCUT2D eigenvalue weighted by molar-refractivity contribution is 5.49. The first-order valence-electron chi connectivity index (χ1n) is 6.17. The van der Waals surface area contributed by atoms with Crippen LogP contribution in [0.15, 0.2) is 24.3 Å². The maximum absolute atomic E-state index is 5.35. The molecule has 0 radical (unpaired) electrons. The predicted octanol–water partition coefficient (Wildman–Crippen LogP) is 4.05. The van der Waals surface area contributed by atoms with Gasteiger partial charge in [-0.2, -0.15) is 0 Å². The highest BCUT2D eigenvalue weighted by Crippen LogP contribution is 2.10. The SMILES string of the molecule is C#Cc1cccc(NCCCCCCC)c1. The van der Waals surface area contributed by atoms with E-state index in [2.05, 4.69) is 24.2 Å². The van der Waals surface area contributed by atoms with Gasteiger partial charge >= 0.3 is 0 Å². The van der Waals surface area contributed by atoms with Crippen molar-refractivity contribution < 1.29 is 0 Å². The number of terminal acetylenes is 1. The predicted molar refractivity (Wildman–Crippen MR) is 71.6 cm³/mol. The Hall–Kier alpha value is -1.42. The zero-order chi connectivity index (χ0) is 11.6. The van der Waals surface area contributed by atoms with E-state index in [1.54, 1.807) is 0 Å². The minimum absolute atomic E-state index is 0.941. The number of unbranched alkanes of at least 4 members (excludes halogenated alkanes) is 4. The van der Waals surface area contributed by atoms with Gasteiger partial charge in [0.25, 0.3) is 0 Å². The average Bonchev–Trinajstić information content (AvgIpc) is 2.34. The van der Waals surface area contributed by atoms with Crippen LogP contribution in [0.3, 0.4) is 0 Å². The van der Waals surface area contributed by atoms with Crippen molar-refractivity contribution in [2.45, 2.75) is 39.0 Å². The van der Waals surface area contributed by atoms with Gasteiger partial charge in [-0.1, -0.05) is 44.6 Å². The second-order valence-electron chi connectivity index (χ2n) is 4.07. The van der Waals surface area contributed by atoms with Crippen molar-refractivity contribution in [3.8, 4) is 12.3 Å². The number of anilines is 1. The summed E-state index contributed by atoms with van der Waals surface area (Å²) in [5.74, 6) is 2.65. The molecule has 0 aliphatic heterocycles. The second kappa shape index (κ2) is 7.82. The van der Waals surface area contributed by atoms with Gasteiger partial charge in [0.1, 0.15) is 0 Å². The lowest BCUT2D eigenvalue weighted by Crippen LogP contribution is -2.01. The fourth-order valence-electron chi connectivity index (χ4n) is 1.68. The third-order valence-electron chi connectivity index (χ3n) is 2.64. The van der Waals surface area contributed by atoms with Crippen molar-refractivity contribution in [1.82, 2.24) is 0 Å². The molecule has 0 aliphatic carbocycles. The molecule has 0 atom stereocenters. The minimum Gasteiger partial charge on any atom is -0.385 e. The number of hydrogen-bond donors (Lipinski definition) is 1. The Kier molecular flexibility index (Phi) is 6.18. The van der Waals surface area contributed by atoms with Crippen LogP contribution in [0.5, 0.6) is 0 Å². The van der Waals surface area contributed by atoms with Gasteiger partial charge in [0.2, 0.25) is 0 Å². The molecule has 16 heavy (non-hydrogen) atoms. The Balaban J connectivity index is 2.19. The summed E-state index contributed by atoms with van der Waals surface area (Å²) in [6.07, 6.45) is 11.9. The first-order chi connectivity index (χ1) is 7.86. The molecule has 1 heteroatoms. The molecule has 1 nitrogen and oxygen atoms in total. The third kappa shape index (κ3) is 4.89. The zero-order valence-corrected chi connectivity index (χ0v) is 10.1. The zero-order valence-electron chi connectivity index (χ0n) is 10.1. The first kappa shape index (κ1) is 12.6. The molecule has 0 aliphatic rings. The molecule has 0 saturated carbocycles. The fourth-order valence-corrected chi connectivity index (χ4v) is 1.68. The van der Waals surface area contributed by atoms with Gasteiger partial charge in [0.15, 0.2) is 0 Å². The summed E-state index contributed by atoms with van der Waals surface area (Å²) in [4.78, 5) is 0. The van der Waals surface area contributed by atoms with Gasteiger partial charge in [0, 0.05) is 17.8 Å². The Bertz CT molecular complexity index is 336. The summed E-state index contributed by atoms with van der Waals surface area (Å²) in [6.45, 7) is 3.28. The molecule has 0 spiro atoms. The van der Waals surface area contributed by atoms with Crippen LogP contribution in [0.4, 0.5) is 5.69 Å². The van der Waals surface area contributed by atoms with E-state index in [1.807, 2.05) is 18.2 Å². The lowest BCUT2D eigenvalue weighted by molar-refractivity contribution is 0.645. The molecular weight excluding hydrogens is 194 g/mol. The second-order valence-corrected chi connectivity index (χ2v) is 4.07. The molecule has 0 heterocycles. The molecule has 0 amide bonds. The van der Waals surface area contributed by atoms with E-state index in [0.717, 1.165) is 17.8 Å². The Labute approximate surface area is 99.3 Å². The lowest BCUT2D eigenvalue weighted by Gasteiger charge is -2.06. The third-order valence-corrected chi connectivity index (χ3v) is 2.64. The minimum atomic E-state index is 0.941. The highest BCUT2D eigenvalue weighted by atomic mass is 14.9. The van der Waals surface area contributed by atoms with Crippen LogP contribution in [0.1, 0.15) is 44.6 Å². The molecule has 0 fully saturated rings. The Morgan fingerprint density at radius 1 is 1.19 bits per heavy atom. The van der Waals surface area contributed by atoms with Crippen LogP contribution < -0.4 is 5.32 Å². The maximum atomic E-state index is 5.35. The van der Waals surface area contributed by atoms with E-state index in [0.29, 0.717) is 0 Å². The van der Waals surface area contributed by atoms with Crippen LogP contribution in [0, 0.1) is 12.3 Å². The smallest absolute Gasteiger partial charge is 0.0352 e. The highest BCUT2D eigenvalue weighted by Gasteiger charge is 1.93. The first-order valence-corrected chi connectivity index (χ1v) is 6.17. The molecule has 1 N–H and O–H groups in total. The quantitative estimate of drug-likeness (QED) is 0.534. The summed E-state index contributed by atoms with van der Waals surface area (Å²) < 4.78 is 0. The van der Waals surface area contributed by atoms with E-state index in [4.69, 9.17) is 6.42 Å². The maximum Gasteiger partial charge on any atom is 0.0352 e. The van der Waals surface area contributed by atoms with Crippen molar-refractivity contribution in [3.63, 3.8) is 0 Å². The van der Waals surface area contributed by atoms with E-state index in [1.165, 1.54) is 32.1 Å². The standard InChI is InChI=1S/C15H21N/c1-3-5-6-7-8-12-16-15-11-9-10-14(4-2)13-15/h2,9-11,13,16H,3,5-8,12H2,1H3. The largest absolute Gasteiger partial charge is 0.385 e. The summed E-state index contributed by atoms with van der Waals surface area (Å²) in [5, 5.41) is 3.40. The van der Waals surface area contributed by atoms with Crippen molar-refractivity contribution in [2.24, 2.45) is 0 Å². The Morgan fingerprint density at radius 2 is 2.00 bits per heavy atom. The van der Waals surface area contributed by atoms with E-state index in [9.17, 15) is 0 Å². The molecule has 0 unspecified atom stereocenters. The fraction of sp³-hybridized carbons (Fsp3) is 0.467. The summed E-state index contributed by atoms with van der Waals surface area (Å²) in [7, 11) is 0. The summed E-state index contributed by atoms with van der Waals surface area (Å²) >= 11 is 0. The van der Waals surface area contributed by atoms with E-state index >= 15 is 0 Å². The van der Waals surface area contributed by atoms with Gasteiger partial charge in [-0.05, 0) is 24.6 Å². The number of nitrogens with one attached hydrogen (secondary N) is 1. The lowest BCUT2D eigenvalue weighted by atomic mass is 10.1. The monoisotopic (exact) mass is 215 g/mol. The Morgan fingerprint density at radius 3 is 2.75 bits per heavy atom. The van der Waals surface area contributed by atoms with Crippen LogP contribution in [0.25, 0.3) is 0 Å². The van der Waals surface area contributed by atoms with Crippen LogP contribution in [-0.4, -0.2) is 6.54 Å². The van der Waals surface area contributed by atoms with Crippen molar-refractivity contribution >= 4 is 5.69 Å². The van der Waals surface area contributed by atoms with E-state index in [-0.39, 0.29) is 0 Å². The molecule has 1 rings (SSSR count). The van der Waals surface area contributed by atoms with E-state index < -0.39 is 0 Å². The van der Waals surface area contributed by atoms with Crippen LogP contribution in [-0.2, 0) is 0 Å². The number of benzene rings is 1. The van der Waals surface area contributed by atoms with Crippen LogP contribution in [0.2, 0.25) is 0 Å². The molecule has 0 aromatic heterocycles. The normalized spacial score (nSPS) is 9.75. The molecule has 0 saturated heterocycles. The van der Waals surface area contributed by atoms with Gasteiger partial charge in [-0.25, -0.2) is 0 Å². The average molecular weight is 215 g/mol. The van der Waals surface area contributed by atoms with Crippen molar-refractivity contribution in [2.75, 3.05) is 11.9 Å². The molecule has 86 valence electrons. The van der Waals surface area contributed by atoms with Gasteiger partial charge in [-0.15, -0.1) is 6.42 Å². The molecule has 0 bridgehead atoms. The molecular formula is C15H21N. The topological polar surface area (TPSA) is 12.0 Å². The molecule has 1 aromatic rings. The van der Waals surface area contributed by atoms with Crippen molar-refractivity contribution in [3.05, 3.63) is 29.8 Å².